The number of imidazole rings is 2. The number of para-hydroxylation sites is 4. The van der Waals surface area contributed by atoms with Gasteiger partial charge in [0.1, 0.15) is 0 Å². The Labute approximate surface area is 155 Å². The standard InChI is InChI=1S/C19H19N5OS/c1-3-24-16-11-7-5-9-14(16)21-19(24)26-12-17(25)22-18-20-13-8-4-6-10-15(13)23(18)2/h4-11H,3,12H2,1-2H3,(H,20,22,25). The number of nitrogens with zero attached hydrogens (tertiary/aromatic N) is 4. The maximum Gasteiger partial charge on any atom is 0.237 e. The summed E-state index contributed by atoms with van der Waals surface area (Å²) in [5.41, 5.74) is 3.90. The molecule has 0 aliphatic rings. The quantitative estimate of drug-likeness (QED) is 0.548. The van der Waals surface area contributed by atoms with E-state index >= 15 is 0 Å². The molecule has 7 heteroatoms. The first-order valence-electron chi connectivity index (χ1n) is 8.46. The van der Waals surface area contributed by atoms with Crippen LogP contribution in [0.3, 0.4) is 0 Å². The molecule has 2 aromatic carbocycles. The molecule has 1 amide bonds. The van der Waals surface area contributed by atoms with Crippen molar-refractivity contribution in [3.05, 3.63) is 48.5 Å². The summed E-state index contributed by atoms with van der Waals surface area (Å²) in [5.74, 6) is 0.746. The molecule has 2 heterocycles. The highest BCUT2D eigenvalue weighted by molar-refractivity contribution is 7.99. The molecule has 0 spiro atoms. The van der Waals surface area contributed by atoms with Crippen LogP contribution in [0.25, 0.3) is 22.1 Å². The van der Waals surface area contributed by atoms with E-state index in [1.807, 2.05) is 54.1 Å². The smallest absolute Gasteiger partial charge is 0.237 e. The van der Waals surface area contributed by atoms with E-state index in [1.165, 1.54) is 11.8 Å². The second-order valence-electron chi connectivity index (χ2n) is 5.95. The lowest BCUT2D eigenvalue weighted by Gasteiger charge is -2.06. The molecule has 0 unspecified atom stereocenters. The average molecular weight is 365 g/mol. The number of anilines is 1. The molecular formula is C19H19N5OS. The summed E-state index contributed by atoms with van der Waals surface area (Å²) in [4.78, 5) is 21.5. The van der Waals surface area contributed by atoms with E-state index in [2.05, 4.69) is 32.8 Å². The van der Waals surface area contributed by atoms with Crippen LogP contribution >= 0.6 is 11.8 Å². The normalized spacial score (nSPS) is 11.3. The Morgan fingerprint density at radius 2 is 1.69 bits per heavy atom. The van der Waals surface area contributed by atoms with E-state index in [0.717, 1.165) is 33.8 Å². The van der Waals surface area contributed by atoms with Crippen LogP contribution in [0.2, 0.25) is 0 Å². The van der Waals surface area contributed by atoms with Crippen LogP contribution in [0.4, 0.5) is 5.95 Å². The van der Waals surface area contributed by atoms with Crippen molar-refractivity contribution in [3.63, 3.8) is 0 Å². The van der Waals surface area contributed by atoms with Crippen molar-refractivity contribution in [2.24, 2.45) is 7.05 Å². The second-order valence-corrected chi connectivity index (χ2v) is 6.89. The van der Waals surface area contributed by atoms with Crippen LogP contribution in [-0.4, -0.2) is 30.8 Å². The van der Waals surface area contributed by atoms with Crippen LogP contribution in [-0.2, 0) is 18.4 Å². The van der Waals surface area contributed by atoms with Crippen molar-refractivity contribution in [1.29, 1.82) is 0 Å². The molecule has 0 fully saturated rings. The van der Waals surface area contributed by atoms with Crippen LogP contribution in [0.5, 0.6) is 0 Å². The van der Waals surface area contributed by atoms with Gasteiger partial charge in [-0.15, -0.1) is 0 Å². The zero-order valence-corrected chi connectivity index (χ0v) is 15.5. The number of hydrogen-bond acceptors (Lipinski definition) is 4. The van der Waals surface area contributed by atoms with Gasteiger partial charge in [-0.1, -0.05) is 36.0 Å². The number of nitrogens with one attached hydrogen (secondary N) is 1. The van der Waals surface area contributed by atoms with E-state index in [0.29, 0.717) is 5.95 Å². The lowest BCUT2D eigenvalue weighted by atomic mass is 10.3. The molecule has 1 N–H and O–H groups in total. The van der Waals surface area contributed by atoms with Crippen molar-refractivity contribution in [2.75, 3.05) is 11.1 Å². The molecule has 0 bridgehead atoms. The molecule has 4 rings (SSSR count). The van der Waals surface area contributed by atoms with Gasteiger partial charge in [-0.05, 0) is 31.2 Å². The van der Waals surface area contributed by atoms with Gasteiger partial charge >= 0.3 is 0 Å². The number of rotatable bonds is 5. The van der Waals surface area contributed by atoms with E-state index in [1.54, 1.807) is 0 Å². The minimum absolute atomic E-state index is 0.0943. The third kappa shape index (κ3) is 2.94. The Bertz CT molecular complexity index is 1100. The number of benzene rings is 2. The Balaban J connectivity index is 1.49. The first kappa shape index (κ1) is 16.7. The number of hydrogen-bond donors (Lipinski definition) is 1. The molecular weight excluding hydrogens is 346 g/mol. The summed E-state index contributed by atoms with van der Waals surface area (Å²) in [5, 5.41) is 3.75. The lowest BCUT2D eigenvalue weighted by molar-refractivity contribution is -0.113. The lowest BCUT2D eigenvalue weighted by Crippen LogP contribution is -2.17. The molecule has 132 valence electrons. The van der Waals surface area contributed by atoms with E-state index < -0.39 is 0 Å². The monoisotopic (exact) mass is 365 g/mol. The molecule has 6 nitrogen and oxygen atoms in total. The summed E-state index contributed by atoms with van der Waals surface area (Å²) in [6.07, 6.45) is 0. The number of amides is 1. The fourth-order valence-corrected chi connectivity index (χ4v) is 3.90. The van der Waals surface area contributed by atoms with Gasteiger partial charge in [0.25, 0.3) is 0 Å². The van der Waals surface area contributed by atoms with Crippen molar-refractivity contribution in [3.8, 4) is 0 Å². The highest BCUT2D eigenvalue weighted by atomic mass is 32.2. The highest BCUT2D eigenvalue weighted by Gasteiger charge is 2.14. The van der Waals surface area contributed by atoms with Crippen molar-refractivity contribution < 1.29 is 4.79 Å². The number of aryl methyl sites for hydroxylation is 2. The maximum absolute atomic E-state index is 12.4. The van der Waals surface area contributed by atoms with Crippen LogP contribution in [0, 0.1) is 0 Å². The van der Waals surface area contributed by atoms with E-state index in [9.17, 15) is 4.79 Å². The average Bonchev–Trinajstić information content (AvgIpc) is 3.17. The van der Waals surface area contributed by atoms with E-state index in [-0.39, 0.29) is 11.7 Å². The van der Waals surface area contributed by atoms with Gasteiger partial charge in [-0.25, -0.2) is 9.97 Å². The minimum Gasteiger partial charge on any atom is -0.319 e. The fourth-order valence-electron chi connectivity index (χ4n) is 3.02. The fraction of sp³-hybridized carbons (Fsp3) is 0.211. The predicted octanol–water partition coefficient (Wildman–Crippen LogP) is 3.67. The van der Waals surface area contributed by atoms with Crippen LogP contribution in [0.15, 0.2) is 53.7 Å². The summed E-state index contributed by atoms with van der Waals surface area (Å²) in [6.45, 7) is 2.90. The summed E-state index contributed by atoms with van der Waals surface area (Å²) < 4.78 is 4.02. The minimum atomic E-state index is -0.0943. The van der Waals surface area contributed by atoms with E-state index in [4.69, 9.17) is 0 Å². The van der Waals surface area contributed by atoms with Gasteiger partial charge in [0, 0.05) is 13.6 Å². The molecule has 0 aliphatic heterocycles. The zero-order valence-electron chi connectivity index (χ0n) is 14.6. The molecule has 4 aromatic rings. The first-order valence-corrected chi connectivity index (χ1v) is 9.45. The first-order chi connectivity index (χ1) is 12.7. The van der Waals surface area contributed by atoms with Crippen molar-refractivity contribution in [2.45, 2.75) is 18.6 Å². The summed E-state index contributed by atoms with van der Waals surface area (Å²) in [7, 11) is 1.90. The number of thioether (sulfide) groups is 1. The van der Waals surface area contributed by atoms with Crippen LogP contribution < -0.4 is 5.32 Å². The largest absolute Gasteiger partial charge is 0.319 e. The number of fused-ring (bicyclic) bond motifs is 2. The van der Waals surface area contributed by atoms with Crippen molar-refractivity contribution >= 4 is 45.7 Å². The Kier molecular flexibility index (Phi) is 4.38. The van der Waals surface area contributed by atoms with Gasteiger partial charge in [-0.3, -0.25) is 10.1 Å². The highest BCUT2D eigenvalue weighted by Crippen LogP contribution is 2.24. The molecule has 0 atom stereocenters. The molecule has 0 saturated heterocycles. The molecule has 0 radical (unpaired) electrons. The zero-order chi connectivity index (χ0) is 18.1. The molecule has 2 aromatic heterocycles. The Hall–Kier alpha value is -2.80. The van der Waals surface area contributed by atoms with Gasteiger partial charge in [-0.2, -0.15) is 0 Å². The summed E-state index contributed by atoms with van der Waals surface area (Å²) in [6, 6.07) is 15.8. The maximum atomic E-state index is 12.4. The number of aromatic nitrogens is 4. The Morgan fingerprint density at radius 1 is 1.04 bits per heavy atom. The molecule has 0 aliphatic carbocycles. The van der Waals surface area contributed by atoms with Gasteiger partial charge in [0.15, 0.2) is 5.16 Å². The predicted molar refractivity (Wildman–Crippen MR) is 105 cm³/mol. The third-order valence-electron chi connectivity index (χ3n) is 4.31. The molecule has 0 saturated carbocycles. The SMILES string of the molecule is CCn1c(SCC(=O)Nc2nc3ccccc3n2C)nc2ccccc21. The number of carbonyl (C=O) groups is 1. The third-order valence-corrected chi connectivity index (χ3v) is 5.28. The topological polar surface area (TPSA) is 64.7 Å². The second kappa shape index (κ2) is 6.84. The van der Waals surface area contributed by atoms with Gasteiger partial charge < -0.3 is 9.13 Å². The van der Waals surface area contributed by atoms with Gasteiger partial charge in [0.2, 0.25) is 11.9 Å². The number of carbonyl (C=O) groups excluding carboxylic acids is 1. The van der Waals surface area contributed by atoms with Crippen molar-refractivity contribution in [1.82, 2.24) is 19.1 Å². The molecule has 26 heavy (non-hydrogen) atoms. The van der Waals surface area contributed by atoms with Crippen LogP contribution in [0.1, 0.15) is 6.92 Å². The Morgan fingerprint density at radius 3 is 2.38 bits per heavy atom. The van der Waals surface area contributed by atoms with Gasteiger partial charge in [0.05, 0.1) is 27.8 Å². The summed E-state index contributed by atoms with van der Waals surface area (Å²) >= 11 is 1.44.